The summed E-state index contributed by atoms with van der Waals surface area (Å²) in [5, 5.41) is 6.44. The van der Waals surface area contributed by atoms with E-state index < -0.39 is 5.60 Å². The van der Waals surface area contributed by atoms with E-state index in [1.807, 2.05) is 20.8 Å². The van der Waals surface area contributed by atoms with E-state index >= 15 is 0 Å². The number of rotatable bonds is 1. The van der Waals surface area contributed by atoms with Gasteiger partial charge in [-0.15, -0.1) is 0 Å². The average Bonchev–Trinajstić information content (AvgIpc) is 2.38. The lowest BCUT2D eigenvalue weighted by atomic mass is 9.93. The van der Waals surface area contributed by atoms with Crippen LogP contribution < -0.4 is 10.6 Å². The SMILES string of the molecule is CC(C)(C)OC(=O)N[C@@]12CC[C@@H](CNC1)C2. The molecule has 0 spiro atoms. The molecular weight excluding hydrogens is 204 g/mol. The fraction of sp³-hybridized carbons (Fsp3) is 0.917. The van der Waals surface area contributed by atoms with Crippen molar-refractivity contribution in [3.8, 4) is 0 Å². The maximum atomic E-state index is 11.7. The molecule has 1 amide bonds. The Labute approximate surface area is 97.1 Å². The third-order valence-electron chi connectivity index (χ3n) is 3.37. The molecule has 1 saturated heterocycles. The third-order valence-corrected chi connectivity index (χ3v) is 3.37. The number of amides is 1. The molecule has 4 nitrogen and oxygen atoms in total. The highest BCUT2D eigenvalue weighted by Crippen LogP contribution is 2.36. The van der Waals surface area contributed by atoms with E-state index in [1.165, 1.54) is 6.42 Å². The molecule has 16 heavy (non-hydrogen) atoms. The van der Waals surface area contributed by atoms with Gasteiger partial charge in [0.25, 0.3) is 0 Å². The van der Waals surface area contributed by atoms with Crippen molar-refractivity contribution in [2.75, 3.05) is 13.1 Å². The first-order valence-electron chi connectivity index (χ1n) is 6.10. The van der Waals surface area contributed by atoms with Crippen molar-refractivity contribution in [2.24, 2.45) is 5.92 Å². The van der Waals surface area contributed by atoms with Gasteiger partial charge < -0.3 is 15.4 Å². The Morgan fingerprint density at radius 1 is 1.50 bits per heavy atom. The van der Waals surface area contributed by atoms with Gasteiger partial charge in [-0.2, -0.15) is 0 Å². The molecule has 1 heterocycles. The van der Waals surface area contributed by atoms with Crippen molar-refractivity contribution < 1.29 is 9.53 Å². The van der Waals surface area contributed by atoms with Gasteiger partial charge in [0.2, 0.25) is 0 Å². The fourth-order valence-electron chi connectivity index (χ4n) is 2.77. The fourth-order valence-corrected chi connectivity index (χ4v) is 2.77. The smallest absolute Gasteiger partial charge is 0.408 e. The molecule has 0 aromatic rings. The molecule has 2 fully saturated rings. The van der Waals surface area contributed by atoms with Gasteiger partial charge in [-0.25, -0.2) is 4.79 Å². The van der Waals surface area contributed by atoms with Crippen LogP contribution in [-0.2, 0) is 4.74 Å². The summed E-state index contributed by atoms with van der Waals surface area (Å²) >= 11 is 0. The first kappa shape index (κ1) is 11.7. The number of nitrogens with one attached hydrogen (secondary N) is 2. The van der Waals surface area contributed by atoms with E-state index in [2.05, 4.69) is 10.6 Å². The quantitative estimate of drug-likeness (QED) is 0.715. The molecule has 2 rings (SSSR count). The standard InChI is InChI=1S/C12H22N2O2/c1-11(2,3)16-10(15)14-12-5-4-9(6-12)7-13-8-12/h9,13H,4-8H2,1-3H3,(H,14,15)/t9-,12-/m1/s1. The summed E-state index contributed by atoms with van der Waals surface area (Å²) in [4.78, 5) is 11.7. The summed E-state index contributed by atoms with van der Waals surface area (Å²) in [7, 11) is 0. The van der Waals surface area contributed by atoms with Crippen molar-refractivity contribution >= 4 is 6.09 Å². The van der Waals surface area contributed by atoms with Gasteiger partial charge in [-0.1, -0.05) is 0 Å². The molecule has 92 valence electrons. The molecule has 2 aliphatic rings. The Morgan fingerprint density at radius 3 is 2.94 bits per heavy atom. The van der Waals surface area contributed by atoms with Crippen LogP contribution in [0.25, 0.3) is 0 Å². The number of ether oxygens (including phenoxy) is 1. The van der Waals surface area contributed by atoms with Gasteiger partial charge in [-0.3, -0.25) is 0 Å². The van der Waals surface area contributed by atoms with Gasteiger partial charge in [0.15, 0.2) is 0 Å². The van der Waals surface area contributed by atoms with Crippen LogP contribution >= 0.6 is 0 Å². The van der Waals surface area contributed by atoms with Crippen LogP contribution in [0.4, 0.5) is 4.79 Å². The second-order valence-electron chi connectivity index (χ2n) is 6.15. The van der Waals surface area contributed by atoms with Crippen LogP contribution in [0.1, 0.15) is 40.0 Å². The summed E-state index contributed by atoms with van der Waals surface area (Å²) in [5.41, 5.74) is -0.466. The number of fused-ring (bicyclic) bond motifs is 2. The maximum Gasteiger partial charge on any atom is 0.408 e. The van der Waals surface area contributed by atoms with Crippen LogP contribution in [0.5, 0.6) is 0 Å². The van der Waals surface area contributed by atoms with Crippen molar-refractivity contribution in [1.82, 2.24) is 10.6 Å². The predicted octanol–water partition coefficient (Wildman–Crippen LogP) is 1.65. The van der Waals surface area contributed by atoms with Gasteiger partial charge in [0.1, 0.15) is 5.60 Å². The summed E-state index contributed by atoms with van der Waals surface area (Å²) in [5.74, 6) is 0.726. The Bertz CT molecular complexity index is 281. The van der Waals surface area contributed by atoms with E-state index in [1.54, 1.807) is 0 Å². The summed E-state index contributed by atoms with van der Waals surface area (Å²) in [6.45, 7) is 7.64. The molecule has 1 aliphatic carbocycles. The second kappa shape index (κ2) is 3.91. The zero-order valence-electron chi connectivity index (χ0n) is 10.4. The second-order valence-corrected chi connectivity index (χ2v) is 6.15. The van der Waals surface area contributed by atoms with E-state index in [0.717, 1.165) is 31.8 Å². The van der Waals surface area contributed by atoms with Crippen LogP contribution in [0.3, 0.4) is 0 Å². The van der Waals surface area contributed by atoms with E-state index in [0.29, 0.717) is 0 Å². The molecule has 1 aliphatic heterocycles. The highest BCUT2D eigenvalue weighted by Gasteiger charge is 2.43. The van der Waals surface area contributed by atoms with Crippen molar-refractivity contribution in [3.63, 3.8) is 0 Å². The minimum atomic E-state index is -0.416. The number of hydrogen-bond acceptors (Lipinski definition) is 3. The van der Waals surface area contributed by atoms with Crippen molar-refractivity contribution in [2.45, 2.75) is 51.2 Å². The molecule has 2 N–H and O–H groups in total. The van der Waals surface area contributed by atoms with Crippen molar-refractivity contribution in [3.05, 3.63) is 0 Å². The monoisotopic (exact) mass is 226 g/mol. The zero-order valence-corrected chi connectivity index (χ0v) is 10.4. The number of alkyl carbamates (subject to hydrolysis) is 1. The molecule has 1 saturated carbocycles. The Kier molecular flexibility index (Phi) is 2.86. The number of hydrogen-bond donors (Lipinski definition) is 2. The molecular formula is C12H22N2O2. The molecule has 0 aromatic heterocycles. The molecule has 2 atom stereocenters. The lowest BCUT2D eigenvalue weighted by Gasteiger charge is -2.35. The minimum Gasteiger partial charge on any atom is -0.444 e. The van der Waals surface area contributed by atoms with Crippen LogP contribution in [0.15, 0.2) is 0 Å². The van der Waals surface area contributed by atoms with Gasteiger partial charge in [-0.05, 0) is 52.5 Å². The summed E-state index contributed by atoms with van der Waals surface area (Å²) in [6.07, 6.45) is 3.10. The van der Waals surface area contributed by atoms with Crippen molar-refractivity contribution in [1.29, 1.82) is 0 Å². The van der Waals surface area contributed by atoms with Gasteiger partial charge in [0.05, 0.1) is 5.54 Å². The Balaban J connectivity index is 1.91. The van der Waals surface area contributed by atoms with Gasteiger partial charge in [0, 0.05) is 6.54 Å². The normalized spacial score (nSPS) is 33.6. The highest BCUT2D eigenvalue weighted by atomic mass is 16.6. The Hall–Kier alpha value is -0.770. The first-order chi connectivity index (χ1) is 7.39. The van der Waals surface area contributed by atoms with Gasteiger partial charge >= 0.3 is 6.09 Å². The van der Waals surface area contributed by atoms with E-state index in [4.69, 9.17) is 4.74 Å². The average molecular weight is 226 g/mol. The Morgan fingerprint density at radius 2 is 2.25 bits per heavy atom. The highest BCUT2D eigenvalue weighted by molar-refractivity contribution is 5.69. The van der Waals surface area contributed by atoms with Crippen LogP contribution in [0, 0.1) is 5.92 Å². The minimum absolute atomic E-state index is 0.0503. The predicted molar refractivity (Wildman–Crippen MR) is 62.3 cm³/mol. The lowest BCUT2D eigenvalue weighted by molar-refractivity contribution is 0.0445. The zero-order chi connectivity index (χ0) is 11.8. The third kappa shape index (κ3) is 2.67. The first-order valence-corrected chi connectivity index (χ1v) is 6.10. The van der Waals surface area contributed by atoms with E-state index in [-0.39, 0.29) is 11.6 Å². The number of piperidine rings is 1. The summed E-state index contributed by atoms with van der Waals surface area (Å²) in [6, 6.07) is 0. The number of carbonyl (C=O) groups is 1. The molecule has 0 radical (unpaired) electrons. The lowest BCUT2D eigenvalue weighted by Crippen LogP contribution is -2.56. The topological polar surface area (TPSA) is 50.4 Å². The molecule has 4 heteroatoms. The largest absolute Gasteiger partial charge is 0.444 e. The molecule has 0 aromatic carbocycles. The van der Waals surface area contributed by atoms with Crippen LogP contribution in [0.2, 0.25) is 0 Å². The summed E-state index contributed by atoms with van der Waals surface area (Å²) < 4.78 is 5.31. The van der Waals surface area contributed by atoms with Crippen LogP contribution in [-0.4, -0.2) is 30.3 Å². The maximum absolute atomic E-state index is 11.7. The molecule has 0 unspecified atom stereocenters. The van der Waals surface area contributed by atoms with E-state index in [9.17, 15) is 4.79 Å². The number of carbonyl (C=O) groups excluding carboxylic acids is 1. The molecule has 2 bridgehead atoms.